The summed E-state index contributed by atoms with van der Waals surface area (Å²) in [6, 6.07) is 0. The highest BCUT2D eigenvalue weighted by Gasteiger charge is 2.22. The first kappa shape index (κ1) is 6.39. The molecule has 0 aliphatic heterocycles. The van der Waals surface area contributed by atoms with Crippen LogP contribution >= 0.6 is 0 Å². The van der Waals surface area contributed by atoms with Crippen molar-refractivity contribution in [2.45, 2.75) is 19.3 Å². The van der Waals surface area contributed by atoms with Crippen LogP contribution < -0.4 is 0 Å². The van der Waals surface area contributed by atoms with Crippen molar-refractivity contribution in [3.05, 3.63) is 11.6 Å². The Kier molecular flexibility index (Phi) is 1.60. The molecule has 3 heteroatoms. The highest BCUT2D eigenvalue weighted by atomic mass is 19.3. The van der Waals surface area contributed by atoms with Crippen molar-refractivity contribution in [3.8, 4) is 0 Å². The monoisotopic (exact) mass is 132 g/mol. The standard InChI is InChI=1S/C6H6F2O/c7-6(8)4-2-1-3-5(4)9/h2,6H,1,3H2. The molecule has 1 rings (SSSR count). The normalized spacial score (nSPS) is 19.0. The van der Waals surface area contributed by atoms with Crippen LogP contribution in [0.25, 0.3) is 0 Å². The molecule has 0 heterocycles. The van der Waals surface area contributed by atoms with Crippen molar-refractivity contribution in [2.24, 2.45) is 0 Å². The number of ketones is 1. The first-order chi connectivity index (χ1) is 4.22. The second-order valence-electron chi connectivity index (χ2n) is 1.92. The Hall–Kier alpha value is -0.730. The molecule has 0 atom stereocenters. The van der Waals surface area contributed by atoms with E-state index < -0.39 is 12.2 Å². The molecule has 9 heavy (non-hydrogen) atoms. The number of hydrogen-bond donors (Lipinski definition) is 0. The molecule has 0 aromatic carbocycles. The Morgan fingerprint density at radius 3 is 2.44 bits per heavy atom. The molecule has 0 saturated carbocycles. The van der Waals surface area contributed by atoms with Gasteiger partial charge in [-0.15, -0.1) is 0 Å². The number of alkyl halides is 2. The third kappa shape index (κ3) is 1.15. The Balaban J connectivity index is 2.68. The van der Waals surface area contributed by atoms with Crippen LogP contribution in [-0.2, 0) is 4.79 Å². The van der Waals surface area contributed by atoms with E-state index in [1.807, 2.05) is 0 Å². The largest absolute Gasteiger partial charge is 0.294 e. The topological polar surface area (TPSA) is 17.1 Å². The summed E-state index contributed by atoms with van der Waals surface area (Å²) in [5.41, 5.74) is -0.296. The summed E-state index contributed by atoms with van der Waals surface area (Å²) < 4.78 is 23.4. The van der Waals surface area contributed by atoms with Crippen LogP contribution in [0.4, 0.5) is 8.78 Å². The smallest absolute Gasteiger partial charge is 0.266 e. The summed E-state index contributed by atoms with van der Waals surface area (Å²) in [6.45, 7) is 0. The van der Waals surface area contributed by atoms with Crippen LogP contribution in [0, 0.1) is 0 Å². The van der Waals surface area contributed by atoms with E-state index in [4.69, 9.17) is 0 Å². The van der Waals surface area contributed by atoms with E-state index in [9.17, 15) is 13.6 Å². The summed E-state index contributed by atoms with van der Waals surface area (Å²) in [4.78, 5) is 10.5. The Morgan fingerprint density at radius 2 is 2.22 bits per heavy atom. The molecule has 0 amide bonds. The molecule has 0 bridgehead atoms. The number of Topliss-reactive ketones (excluding diaryl/α,β-unsaturated/α-hetero) is 1. The Labute approximate surface area is 51.4 Å². The van der Waals surface area contributed by atoms with Gasteiger partial charge in [-0.1, -0.05) is 6.08 Å². The van der Waals surface area contributed by atoms with Crippen LogP contribution in [0.1, 0.15) is 12.8 Å². The zero-order valence-electron chi connectivity index (χ0n) is 4.73. The molecule has 0 N–H and O–H groups in total. The number of hydrogen-bond acceptors (Lipinski definition) is 1. The summed E-state index contributed by atoms with van der Waals surface area (Å²) in [6.07, 6.45) is -0.509. The van der Waals surface area contributed by atoms with Crippen LogP contribution in [0.15, 0.2) is 11.6 Å². The van der Waals surface area contributed by atoms with Crippen molar-refractivity contribution in [2.75, 3.05) is 0 Å². The van der Waals surface area contributed by atoms with Gasteiger partial charge < -0.3 is 0 Å². The zero-order chi connectivity index (χ0) is 6.85. The lowest BCUT2D eigenvalue weighted by Gasteiger charge is -1.94. The predicted molar refractivity (Wildman–Crippen MR) is 28.3 cm³/mol. The van der Waals surface area contributed by atoms with E-state index >= 15 is 0 Å². The van der Waals surface area contributed by atoms with Gasteiger partial charge in [0.25, 0.3) is 6.43 Å². The van der Waals surface area contributed by atoms with Crippen molar-refractivity contribution in [1.82, 2.24) is 0 Å². The Morgan fingerprint density at radius 1 is 1.56 bits per heavy atom. The first-order valence-electron chi connectivity index (χ1n) is 2.73. The van der Waals surface area contributed by atoms with E-state index in [0.29, 0.717) is 6.42 Å². The van der Waals surface area contributed by atoms with Gasteiger partial charge in [0.15, 0.2) is 5.78 Å². The molecule has 1 nitrogen and oxygen atoms in total. The third-order valence-corrected chi connectivity index (χ3v) is 1.29. The summed E-state index contributed by atoms with van der Waals surface area (Å²) in [5.74, 6) is -0.398. The molecule has 0 radical (unpaired) electrons. The molecule has 0 aromatic heterocycles. The van der Waals surface area contributed by atoms with E-state index in [-0.39, 0.29) is 12.0 Å². The minimum Gasteiger partial charge on any atom is -0.294 e. The average Bonchev–Trinajstić information content (AvgIpc) is 2.13. The zero-order valence-corrected chi connectivity index (χ0v) is 4.73. The van der Waals surface area contributed by atoms with Gasteiger partial charge in [-0.25, -0.2) is 8.78 Å². The van der Waals surface area contributed by atoms with Gasteiger partial charge in [-0.3, -0.25) is 4.79 Å². The molecule has 0 spiro atoms. The van der Waals surface area contributed by atoms with E-state index in [1.54, 1.807) is 0 Å². The fraction of sp³-hybridized carbons (Fsp3) is 0.500. The van der Waals surface area contributed by atoms with Crippen LogP contribution in [0.2, 0.25) is 0 Å². The van der Waals surface area contributed by atoms with Gasteiger partial charge in [0, 0.05) is 6.42 Å². The van der Waals surface area contributed by atoms with E-state index in [1.165, 1.54) is 6.08 Å². The lowest BCUT2D eigenvalue weighted by atomic mass is 10.2. The van der Waals surface area contributed by atoms with Gasteiger partial charge in [0.1, 0.15) is 0 Å². The summed E-state index contributed by atoms with van der Waals surface area (Å²) >= 11 is 0. The maximum Gasteiger partial charge on any atom is 0.266 e. The number of halogens is 2. The number of allylic oxidation sites excluding steroid dienone is 2. The van der Waals surface area contributed by atoms with Gasteiger partial charge >= 0.3 is 0 Å². The second-order valence-corrected chi connectivity index (χ2v) is 1.92. The van der Waals surface area contributed by atoms with Gasteiger partial charge in [0.2, 0.25) is 0 Å². The summed E-state index contributed by atoms with van der Waals surface area (Å²) in [5, 5.41) is 0. The van der Waals surface area contributed by atoms with Crippen molar-refractivity contribution >= 4 is 5.78 Å². The lowest BCUT2D eigenvalue weighted by molar-refractivity contribution is -0.116. The van der Waals surface area contributed by atoms with Crippen molar-refractivity contribution in [1.29, 1.82) is 0 Å². The molecule has 1 aliphatic carbocycles. The molecule has 50 valence electrons. The average molecular weight is 132 g/mol. The lowest BCUT2D eigenvalue weighted by Crippen LogP contribution is -2.04. The number of carbonyl (C=O) groups is 1. The highest BCUT2D eigenvalue weighted by molar-refractivity contribution is 5.98. The van der Waals surface area contributed by atoms with Crippen molar-refractivity contribution < 1.29 is 13.6 Å². The van der Waals surface area contributed by atoms with Crippen LogP contribution in [0.5, 0.6) is 0 Å². The molecular formula is C6H6F2O. The second kappa shape index (κ2) is 2.25. The minimum atomic E-state index is -2.57. The fourth-order valence-electron chi connectivity index (χ4n) is 0.828. The van der Waals surface area contributed by atoms with Gasteiger partial charge in [-0.05, 0) is 6.42 Å². The SMILES string of the molecule is O=C1CCC=C1C(F)F. The number of carbonyl (C=O) groups excluding carboxylic acids is 1. The van der Waals surface area contributed by atoms with Gasteiger partial charge in [-0.2, -0.15) is 0 Å². The van der Waals surface area contributed by atoms with Crippen LogP contribution in [-0.4, -0.2) is 12.2 Å². The molecule has 0 aromatic rings. The summed E-state index contributed by atoms with van der Waals surface area (Å²) in [7, 11) is 0. The molecule has 0 unspecified atom stereocenters. The maximum atomic E-state index is 11.7. The predicted octanol–water partition coefficient (Wildman–Crippen LogP) is 1.54. The molecular weight excluding hydrogens is 126 g/mol. The molecule has 1 aliphatic rings. The fourth-order valence-corrected chi connectivity index (χ4v) is 0.828. The molecule has 0 fully saturated rings. The Bertz CT molecular complexity index is 160. The first-order valence-corrected chi connectivity index (χ1v) is 2.73. The van der Waals surface area contributed by atoms with Crippen molar-refractivity contribution in [3.63, 3.8) is 0 Å². The number of rotatable bonds is 1. The molecule has 0 saturated heterocycles. The quantitative estimate of drug-likeness (QED) is 0.528. The van der Waals surface area contributed by atoms with E-state index in [2.05, 4.69) is 0 Å². The van der Waals surface area contributed by atoms with Gasteiger partial charge in [0.05, 0.1) is 5.57 Å². The van der Waals surface area contributed by atoms with E-state index in [0.717, 1.165) is 0 Å². The minimum absolute atomic E-state index is 0.264. The maximum absolute atomic E-state index is 11.7. The third-order valence-electron chi connectivity index (χ3n) is 1.29. The van der Waals surface area contributed by atoms with Crippen LogP contribution in [0.3, 0.4) is 0 Å². The highest BCUT2D eigenvalue weighted by Crippen LogP contribution is 2.19.